The topological polar surface area (TPSA) is 62.7 Å². The lowest BCUT2D eigenvalue weighted by Gasteiger charge is -2.42. The van der Waals surface area contributed by atoms with E-state index < -0.39 is 5.60 Å². The number of hydrogen-bond acceptors (Lipinski definition) is 4. The number of morpholine rings is 1. The number of carbonyl (C=O) groups excluding carboxylic acids is 2. The van der Waals surface area contributed by atoms with Crippen LogP contribution in [0.4, 0.5) is 5.69 Å². The third kappa shape index (κ3) is 3.64. The van der Waals surface area contributed by atoms with Crippen molar-refractivity contribution in [2.24, 2.45) is 0 Å². The SMILES string of the molecule is Cc1ncccc1C(=O)N1CCCC2(CC1)CN(c1ccccc1)C(=O)CO2. The fourth-order valence-corrected chi connectivity index (χ4v) is 4.11. The largest absolute Gasteiger partial charge is 0.363 e. The number of anilines is 1. The van der Waals surface area contributed by atoms with E-state index >= 15 is 0 Å². The van der Waals surface area contributed by atoms with Crippen molar-refractivity contribution in [2.75, 3.05) is 31.1 Å². The van der Waals surface area contributed by atoms with Crippen LogP contribution in [0.25, 0.3) is 0 Å². The molecule has 0 radical (unpaired) electrons. The van der Waals surface area contributed by atoms with Crippen molar-refractivity contribution in [3.63, 3.8) is 0 Å². The molecule has 2 amide bonds. The standard InChI is InChI=1S/C22H25N3O3/c1-17-19(9-5-12-23-17)21(27)24-13-6-10-22(11-14-24)16-25(20(26)15-28-22)18-7-3-2-4-8-18/h2-5,7-9,12H,6,10-11,13-16H2,1H3. The van der Waals surface area contributed by atoms with Gasteiger partial charge in [-0.05, 0) is 50.5 Å². The van der Waals surface area contributed by atoms with Crippen molar-refractivity contribution in [3.8, 4) is 0 Å². The van der Waals surface area contributed by atoms with Crippen LogP contribution >= 0.6 is 0 Å². The summed E-state index contributed by atoms with van der Waals surface area (Å²) in [5.41, 5.74) is 1.91. The molecule has 6 nitrogen and oxygen atoms in total. The zero-order chi connectivity index (χ0) is 19.6. The number of hydrogen-bond donors (Lipinski definition) is 0. The number of para-hydroxylation sites is 1. The molecule has 1 atom stereocenters. The first-order valence-corrected chi connectivity index (χ1v) is 9.78. The molecule has 2 saturated heterocycles. The second kappa shape index (κ2) is 7.72. The predicted octanol–water partition coefficient (Wildman–Crippen LogP) is 2.82. The van der Waals surface area contributed by atoms with Gasteiger partial charge in [0.2, 0.25) is 0 Å². The van der Waals surface area contributed by atoms with Crippen LogP contribution < -0.4 is 4.90 Å². The molecule has 0 N–H and O–H groups in total. The highest BCUT2D eigenvalue weighted by atomic mass is 16.5. The number of rotatable bonds is 2. The number of amides is 2. The summed E-state index contributed by atoms with van der Waals surface area (Å²) in [5, 5.41) is 0. The minimum atomic E-state index is -0.400. The fraction of sp³-hybridized carbons (Fsp3) is 0.409. The van der Waals surface area contributed by atoms with Gasteiger partial charge in [0, 0.05) is 30.7 Å². The molecule has 1 aromatic heterocycles. The third-order valence-electron chi connectivity index (χ3n) is 5.74. The first kappa shape index (κ1) is 18.6. The molecule has 2 aliphatic rings. The number of likely N-dealkylation sites (tertiary alicyclic amines) is 1. The van der Waals surface area contributed by atoms with Gasteiger partial charge in [0.15, 0.2) is 0 Å². The Morgan fingerprint density at radius 3 is 2.71 bits per heavy atom. The Balaban J connectivity index is 1.49. The van der Waals surface area contributed by atoms with Gasteiger partial charge < -0.3 is 14.5 Å². The number of pyridine rings is 1. The number of ether oxygens (including phenoxy) is 1. The fourth-order valence-electron chi connectivity index (χ4n) is 4.11. The van der Waals surface area contributed by atoms with E-state index in [1.54, 1.807) is 12.3 Å². The van der Waals surface area contributed by atoms with Gasteiger partial charge in [-0.3, -0.25) is 14.6 Å². The Kier molecular flexibility index (Phi) is 5.13. The number of aromatic nitrogens is 1. The van der Waals surface area contributed by atoms with E-state index in [9.17, 15) is 9.59 Å². The Morgan fingerprint density at radius 1 is 1.11 bits per heavy atom. The van der Waals surface area contributed by atoms with Crippen molar-refractivity contribution in [3.05, 3.63) is 59.9 Å². The molecule has 4 rings (SSSR count). The lowest BCUT2D eigenvalue weighted by molar-refractivity contribution is -0.140. The summed E-state index contributed by atoms with van der Waals surface area (Å²) < 4.78 is 6.07. The average molecular weight is 379 g/mol. The number of aryl methyl sites for hydroxylation is 1. The van der Waals surface area contributed by atoms with Crippen molar-refractivity contribution in [1.82, 2.24) is 9.88 Å². The second-order valence-electron chi connectivity index (χ2n) is 7.57. The van der Waals surface area contributed by atoms with Crippen molar-refractivity contribution in [1.29, 1.82) is 0 Å². The van der Waals surface area contributed by atoms with Crippen LogP contribution in [0.2, 0.25) is 0 Å². The van der Waals surface area contributed by atoms with E-state index in [0.29, 0.717) is 31.6 Å². The summed E-state index contributed by atoms with van der Waals surface area (Å²) in [5.74, 6) is 0.00874. The smallest absolute Gasteiger partial charge is 0.255 e. The third-order valence-corrected chi connectivity index (χ3v) is 5.74. The van der Waals surface area contributed by atoms with Crippen molar-refractivity contribution >= 4 is 17.5 Å². The Hall–Kier alpha value is -2.73. The maximum atomic E-state index is 13.0. The lowest BCUT2D eigenvalue weighted by atomic mass is 9.92. The van der Waals surface area contributed by atoms with Crippen molar-refractivity contribution in [2.45, 2.75) is 31.8 Å². The highest BCUT2D eigenvalue weighted by Crippen LogP contribution is 2.33. The van der Waals surface area contributed by atoms with Crippen molar-refractivity contribution < 1.29 is 14.3 Å². The highest BCUT2D eigenvalue weighted by molar-refractivity contribution is 5.96. The molecule has 2 fully saturated rings. The van der Waals surface area contributed by atoms with Gasteiger partial charge in [-0.25, -0.2) is 0 Å². The first-order valence-electron chi connectivity index (χ1n) is 9.78. The maximum Gasteiger partial charge on any atom is 0.255 e. The van der Waals surface area contributed by atoms with E-state index in [0.717, 1.165) is 24.2 Å². The van der Waals surface area contributed by atoms with E-state index in [2.05, 4.69) is 4.98 Å². The molecule has 3 heterocycles. The van der Waals surface area contributed by atoms with Crippen LogP contribution in [-0.2, 0) is 9.53 Å². The zero-order valence-corrected chi connectivity index (χ0v) is 16.1. The quantitative estimate of drug-likeness (QED) is 0.805. The molecule has 146 valence electrons. The van der Waals surface area contributed by atoms with Crippen LogP contribution in [0, 0.1) is 6.92 Å². The van der Waals surface area contributed by atoms with E-state index in [4.69, 9.17) is 4.74 Å². The number of nitrogens with zero attached hydrogens (tertiary/aromatic N) is 3. The van der Waals surface area contributed by atoms with E-state index in [1.165, 1.54) is 0 Å². The first-order chi connectivity index (χ1) is 13.6. The van der Waals surface area contributed by atoms with Crippen LogP contribution in [0.5, 0.6) is 0 Å². The van der Waals surface area contributed by atoms with Gasteiger partial charge in [0.05, 0.1) is 17.7 Å². The summed E-state index contributed by atoms with van der Waals surface area (Å²) in [6.45, 7) is 3.79. The summed E-state index contributed by atoms with van der Waals surface area (Å²) in [6, 6.07) is 13.4. The Labute approximate surface area is 165 Å². The van der Waals surface area contributed by atoms with Crippen LogP contribution in [-0.4, -0.2) is 53.5 Å². The van der Waals surface area contributed by atoms with Crippen LogP contribution in [0.1, 0.15) is 35.3 Å². The Morgan fingerprint density at radius 2 is 1.93 bits per heavy atom. The molecule has 1 aromatic carbocycles. The molecule has 1 unspecified atom stereocenters. The maximum absolute atomic E-state index is 13.0. The summed E-state index contributed by atoms with van der Waals surface area (Å²) >= 11 is 0. The molecule has 0 bridgehead atoms. The van der Waals surface area contributed by atoms with Gasteiger partial charge in [-0.15, -0.1) is 0 Å². The highest BCUT2D eigenvalue weighted by Gasteiger charge is 2.42. The molecule has 0 saturated carbocycles. The predicted molar refractivity (Wildman–Crippen MR) is 106 cm³/mol. The van der Waals surface area contributed by atoms with Gasteiger partial charge in [-0.2, -0.15) is 0 Å². The zero-order valence-electron chi connectivity index (χ0n) is 16.1. The van der Waals surface area contributed by atoms with Crippen LogP contribution in [0.15, 0.2) is 48.7 Å². The van der Waals surface area contributed by atoms with Crippen LogP contribution in [0.3, 0.4) is 0 Å². The van der Waals surface area contributed by atoms with Gasteiger partial charge >= 0.3 is 0 Å². The minimum Gasteiger partial charge on any atom is -0.363 e. The molecule has 6 heteroatoms. The molecule has 0 aliphatic carbocycles. The van der Waals surface area contributed by atoms with Gasteiger partial charge in [0.25, 0.3) is 11.8 Å². The molecular weight excluding hydrogens is 354 g/mol. The number of benzene rings is 1. The van der Waals surface area contributed by atoms with E-state index in [-0.39, 0.29) is 18.4 Å². The lowest BCUT2D eigenvalue weighted by Crippen LogP contribution is -2.55. The van der Waals surface area contributed by atoms with E-state index in [1.807, 2.05) is 53.1 Å². The molecule has 28 heavy (non-hydrogen) atoms. The normalized spacial score (nSPS) is 23.0. The summed E-state index contributed by atoms with van der Waals surface area (Å²) in [7, 11) is 0. The second-order valence-corrected chi connectivity index (χ2v) is 7.57. The Bertz CT molecular complexity index is 870. The molecular formula is C22H25N3O3. The average Bonchev–Trinajstić information content (AvgIpc) is 2.93. The number of carbonyl (C=O) groups is 2. The summed E-state index contributed by atoms with van der Waals surface area (Å²) in [4.78, 5) is 33.4. The van der Waals surface area contributed by atoms with Gasteiger partial charge in [-0.1, -0.05) is 18.2 Å². The monoisotopic (exact) mass is 379 g/mol. The molecule has 2 aliphatic heterocycles. The minimum absolute atomic E-state index is 0.0139. The molecule has 1 spiro atoms. The summed E-state index contributed by atoms with van der Waals surface area (Å²) in [6.07, 6.45) is 4.10. The molecule has 2 aromatic rings. The van der Waals surface area contributed by atoms with Gasteiger partial charge in [0.1, 0.15) is 6.61 Å².